The van der Waals surface area contributed by atoms with E-state index in [4.69, 9.17) is 18.6 Å². The van der Waals surface area contributed by atoms with E-state index in [1.54, 1.807) is 23.1 Å². The minimum atomic E-state index is -0.475. The molecule has 0 spiro atoms. The average molecular weight is 591 g/mol. The summed E-state index contributed by atoms with van der Waals surface area (Å²) in [5.41, 5.74) is 1.46. The van der Waals surface area contributed by atoms with Crippen LogP contribution < -0.4 is 9.47 Å². The van der Waals surface area contributed by atoms with E-state index in [9.17, 15) is 19.7 Å². The number of benzene rings is 2. The second-order valence-electron chi connectivity index (χ2n) is 10.3. The van der Waals surface area contributed by atoms with Crippen molar-refractivity contribution in [1.29, 1.82) is 0 Å². The highest BCUT2D eigenvalue weighted by Crippen LogP contribution is 2.33. The molecule has 3 aromatic rings. The standard InChI is InChI=1S/C31H34N4O8/c1-23-2-9-27(43-23)20-34(19-25-5-10-28-29(18-25)42-22-41-28)31(37)21-33(13-12-32-14-16-40-17-15-32)30(36)11-6-24-3-7-26(8-4-24)35(38)39/h2-11,18H,12-17,19-22H2,1H3/b11-6+. The van der Waals surface area contributed by atoms with Crippen molar-refractivity contribution in [2.75, 3.05) is 52.7 Å². The number of hydrogen-bond donors (Lipinski definition) is 0. The lowest BCUT2D eigenvalue weighted by Gasteiger charge is -2.31. The van der Waals surface area contributed by atoms with Crippen LogP contribution in [-0.2, 0) is 27.4 Å². The molecule has 0 unspecified atom stereocenters. The Hall–Kier alpha value is -4.68. The van der Waals surface area contributed by atoms with Gasteiger partial charge < -0.3 is 28.4 Å². The van der Waals surface area contributed by atoms with Gasteiger partial charge in [-0.05, 0) is 60.5 Å². The molecular formula is C31H34N4O8. The topological polar surface area (TPSA) is 128 Å². The molecule has 0 aliphatic carbocycles. The van der Waals surface area contributed by atoms with Gasteiger partial charge in [0.2, 0.25) is 18.6 Å². The van der Waals surface area contributed by atoms with Crippen LogP contribution in [0.2, 0.25) is 0 Å². The largest absolute Gasteiger partial charge is 0.464 e. The smallest absolute Gasteiger partial charge is 0.269 e. The minimum Gasteiger partial charge on any atom is -0.464 e. The van der Waals surface area contributed by atoms with E-state index in [1.165, 1.54) is 23.1 Å². The van der Waals surface area contributed by atoms with Crippen molar-refractivity contribution < 1.29 is 33.1 Å². The fourth-order valence-corrected chi connectivity index (χ4v) is 4.85. The molecule has 2 aliphatic heterocycles. The fourth-order valence-electron chi connectivity index (χ4n) is 4.85. The molecule has 1 fully saturated rings. The highest BCUT2D eigenvalue weighted by atomic mass is 16.7. The third kappa shape index (κ3) is 8.21. The maximum absolute atomic E-state index is 13.8. The van der Waals surface area contributed by atoms with Crippen LogP contribution in [0.5, 0.6) is 11.5 Å². The molecule has 1 saturated heterocycles. The molecule has 0 atom stereocenters. The Labute approximate surface area is 249 Å². The summed E-state index contributed by atoms with van der Waals surface area (Å²) in [5.74, 6) is 2.07. The third-order valence-electron chi connectivity index (χ3n) is 7.26. The van der Waals surface area contributed by atoms with Crippen LogP contribution in [0.15, 0.2) is 65.1 Å². The first-order chi connectivity index (χ1) is 20.8. The number of rotatable bonds is 12. The second-order valence-corrected chi connectivity index (χ2v) is 10.3. The van der Waals surface area contributed by atoms with Crippen LogP contribution in [-0.4, -0.2) is 84.2 Å². The summed E-state index contributed by atoms with van der Waals surface area (Å²) in [6, 6.07) is 15.1. The molecule has 1 aromatic heterocycles. The minimum absolute atomic E-state index is 0.0319. The first-order valence-corrected chi connectivity index (χ1v) is 14.1. The van der Waals surface area contributed by atoms with Crippen LogP contribution in [0.25, 0.3) is 6.08 Å². The van der Waals surface area contributed by atoms with Crippen molar-refractivity contribution in [3.63, 3.8) is 0 Å². The van der Waals surface area contributed by atoms with Gasteiger partial charge in [0.1, 0.15) is 18.1 Å². The third-order valence-corrected chi connectivity index (χ3v) is 7.26. The molecular weight excluding hydrogens is 556 g/mol. The van der Waals surface area contributed by atoms with E-state index < -0.39 is 4.92 Å². The van der Waals surface area contributed by atoms with Gasteiger partial charge in [0, 0.05) is 50.9 Å². The molecule has 43 heavy (non-hydrogen) atoms. The summed E-state index contributed by atoms with van der Waals surface area (Å²) in [4.78, 5) is 43.2. The highest BCUT2D eigenvalue weighted by molar-refractivity contribution is 5.94. The van der Waals surface area contributed by atoms with Crippen molar-refractivity contribution in [2.45, 2.75) is 20.0 Å². The monoisotopic (exact) mass is 590 g/mol. The number of amides is 2. The number of hydrogen-bond acceptors (Lipinski definition) is 9. The summed E-state index contributed by atoms with van der Waals surface area (Å²) in [6.45, 7) is 6.04. The van der Waals surface area contributed by atoms with Gasteiger partial charge in [0.05, 0.1) is 24.7 Å². The predicted molar refractivity (Wildman–Crippen MR) is 156 cm³/mol. The highest BCUT2D eigenvalue weighted by Gasteiger charge is 2.24. The van der Waals surface area contributed by atoms with E-state index in [0.717, 1.165) is 24.4 Å². The SMILES string of the molecule is Cc1ccc(CN(Cc2ccc3c(c2)OCO3)C(=O)CN(CCN2CCOCC2)C(=O)/C=C/c2ccc([N+](=O)[O-])cc2)o1. The molecule has 2 amide bonds. The maximum Gasteiger partial charge on any atom is 0.269 e. The number of nitro groups is 1. The number of nitro benzene ring substituents is 1. The van der Waals surface area contributed by atoms with Gasteiger partial charge in [-0.2, -0.15) is 0 Å². The average Bonchev–Trinajstić information content (AvgIpc) is 3.66. The fraction of sp³-hybridized carbons (Fsp3) is 0.355. The van der Waals surface area contributed by atoms with E-state index in [2.05, 4.69) is 4.90 Å². The summed E-state index contributed by atoms with van der Waals surface area (Å²) < 4.78 is 22.2. The molecule has 12 nitrogen and oxygen atoms in total. The zero-order valence-corrected chi connectivity index (χ0v) is 24.0. The number of nitrogens with zero attached hydrogens (tertiary/aromatic N) is 4. The number of aryl methyl sites for hydroxylation is 1. The van der Waals surface area contributed by atoms with Gasteiger partial charge in [-0.3, -0.25) is 24.6 Å². The number of fused-ring (bicyclic) bond motifs is 1. The lowest BCUT2D eigenvalue weighted by atomic mass is 10.1. The molecule has 5 rings (SSSR count). The molecule has 226 valence electrons. The first-order valence-electron chi connectivity index (χ1n) is 14.1. The number of carbonyl (C=O) groups is 2. The Bertz CT molecular complexity index is 1460. The van der Waals surface area contributed by atoms with E-state index >= 15 is 0 Å². The van der Waals surface area contributed by atoms with Gasteiger partial charge in [-0.1, -0.05) is 6.07 Å². The normalized spacial score (nSPS) is 14.6. The summed E-state index contributed by atoms with van der Waals surface area (Å²) in [7, 11) is 0. The van der Waals surface area contributed by atoms with Crippen molar-refractivity contribution in [1.82, 2.24) is 14.7 Å². The lowest BCUT2D eigenvalue weighted by molar-refractivity contribution is -0.384. The molecule has 12 heteroatoms. The van der Waals surface area contributed by atoms with Crippen LogP contribution in [0.1, 0.15) is 22.6 Å². The van der Waals surface area contributed by atoms with Crippen molar-refractivity contribution in [3.05, 3.63) is 93.4 Å². The van der Waals surface area contributed by atoms with Crippen LogP contribution in [0.3, 0.4) is 0 Å². The van der Waals surface area contributed by atoms with E-state index in [-0.39, 0.29) is 43.9 Å². The summed E-state index contributed by atoms with van der Waals surface area (Å²) in [5, 5.41) is 11.0. The Balaban J connectivity index is 1.33. The van der Waals surface area contributed by atoms with Gasteiger partial charge in [-0.25, -0.2) is 0 Å². The Kier molecular flexibility index (Phi) is 9.70. The molecule has 2 aliphatic rings. The number of morpholine rings is 1. The quantitative estimate of drug-likeness (QED) is 0.176. The molecule has 0 saturated carbocycles. The lowest BCUT2D eigenvalue weighted by Crippen LogP contribution is -2.46. The maximum atomic E-state index is 13.8. The van der Waals surface area contributed by atoms with Crippen LogP contribution in [0, 0.1) is 17.0 Å². The van der Waals surface area contributed by atoms with Gasteiger partial charge in [0.25, 0.3) is 5.69 Å². The molecule has 3 heterocycles. The van der Waals surface area contributed by atoms with Gasteiger partial charge in [-0.15, -0.1) is 0 Å². The molecule has 0 bridgehead atoms. The van der Waals surface area contributed by atoms with Crippen LogP contribution in [0.4, 0.5) is 5.69 Å². The summed E-state index contributed by atoms with van der Waals surface area (Å²) >= 11 is 0. The summed E-state index contributed by atoms with van der Waals surface area (Å²) in [6.07, 6.45) is 2.99. The van der Waals surface area contributed by atoms with Crippen molar-refractivity contribution >= 4 is 23.6 Å². The first kappa shape index (κ1) is 29.8. The second kappa shape index (κ2) is 14.0. The number of furan rings is 1. The number of non-ortho nitro benzene ring substituents is 1. The predicted octanol–water partition coefficient (Wildman–Crippen LogP) is 3.63. The van der Waals surface area contributed by atoms with Gasteiger partial charge >= 0.3 is 0 Å². The molecule has 0 N–H and O–H groups in total. The zero-order chi connectivity index (χ0) is 30.2. The Morgan fingerprint density at radius 2 is 1.74 bits per heavy atom. The van der Waals surface area contributed by atoms with Crippen molar-refractivity contribution in [3.8, 4) is 11.5 Å². The molecule has 2 aromatic carbocycles. The van der Waals surface area contributed by atoms with Crippen LogP contribution >= 0.6 is 0 Å². The van der Waals surface area contributed by atoms with Crippen molar-refractivity contribution in [2.24, 2.45) is 0 Å². The molecule has 0 radical (unpaired) electrons. The Morgan fingerprint density at radius 3 is 2.47 bits per heavy atom. The Morgan fingerprint density at radius 1 is 0.977 bits per heavy atom. The van der Waals surface area contributed by atoms with E-state index in [1.807, 2.05) is 37.3 Å². The zero-order valence-electron chi connectivity index (χ0n) is 24.0. The number of carbonyl (C=O) groups excluding carboxylic acids is 2. The van der Waals surface area contributed by atoms with Gasteiger partial charge in [0.15, 0.2) is 11.5 Å². The number of ether oxygens (including phenoxy) is 3. The van der Waals surface area contributed by atoms with E-state index in [0.29, 0.717) is 49.1 Å².